The summed E-state index contributed by atoms with van der Waals surface area (Å²) in [7, 11) is 0. The lowest BCUT2D eigenvalue weighted by Gasteiger charge is -2.07. The van der Waals surface area contributed by atoms with Crippen LogP contribution < -0.4 is 0 Å². The minimum atomic E-state index is -0.482. The fourth-order valence-electron chi connectivity index (χ4n) is 1.11. The minimum absolute atomic E-state index is 0.165. The zero-order chi connectivity index (χ0) is 12.6. The first-order valence-corrected chi connectivity index (χ1v) is 5.41. The molecule has 0 radical (unpaired) electrons. The summed E-state index contributed by atoms with van der Waals surface area (Å²) in [5, 5.41) is 0. The first kappa shape index (κ1) is 16.2. The summed E-state index contributed by atoms with van der Waals surface area (Å²) in [5.74, 6) is -1.56. The lowest BCUT2D eigenvalue weighted by atomic mass is 10.1. The molecule has 0 aromatic rings. The molecule has 0 saturated carbocycles. The van der Waals surface area contributed by atoms with Gasteiger partial charge in [-0.05, 0) is 0 Å². The average molecular weight is 215 g/mol. The van der Waals surface area contributed by atoms with Crippen LogP contribution in [0.1, 0.15) is 48.0 Å². The van der Waals surface area contributed by atoms with Crippen molar-refractivity contribution in [2.45, 2.75) is 48.0 Å². The maximum absolute atomic E-state index is 11.0. The van der Waals surface area contributed by atoms with E-state index in [1.165, 1.54) is 6.92 Å². The van der Waals surface area contributed by atoms with Gasteiger partial charge >= 0.3 is 0 Å². The first-order valence-electron chi connectivity index (χ1n) is 5.41. The third kappa shape index (κ3) is 4.23. The van der Waals surface area contributed by atoms with Gasteiger partial charge in [-0.25, -0.2) is 4.90 Å². The lowest BCUT2D eigenvalue weighted by Crippen LogP contribution is -2.34. The van der Waals surface area contributed by atoms with Gasteiger partial charge in [0, 0.05) is 19.3 Å². The molecule has 1 heterocycles. The van der Waals surface area contributed by atoms with Crippen molar-refractivity contribution in [2.24, 2.45) is 5.92 Å². The molecular weight excluding hydrogens is 194 g/mol. The molecule has 0 N–H and O–H groups in total. The van der Waals surface area contributed by atoms with Crippen molar-refractivity contribution in [3.63, 3.8) is 0 Å². The topological polar surface area (TPSA) is 54.5 Å². The van der Waals surface area contributed by atoms with Gasteiger partial charge in [0.05, 0.1) is 0 Å². The number of carbonyl (C=O) groups excluding carboxylic acids is 3. The molecule has 1 atom stereocenters. The molecular formula is C11H21NO3. The molecule has 88 valence electrons. The van der Waals surface area contributed by atoms with Crippen LogP contribution in [-0.2, 0) is 14.4 Å². The molecule has 1 aliphatic heterocycles. The summed E-state index contributed by atoms with van der Waals surface area (Å²) in [6, 6.07) is 0. The van der Waals surface area contributed by atoms with Crippen LogP contribution >= 0.6 is 0 Å². The van der Waals surface area contributed by atoms with Gasteiger partial charge in [-0.15, -0.1) is 0 Å². The molecule has 1 unspecified atom stereocenters. The molecule has 0 spiro atoms. The van der Waals surface area contributed by atoms with Crippen LogP contribution in [0.15, 0.2) is 0 Å². The van der Waals surface area contributed by atoms with Gasteiger partial charge in [0.1, 0.15) is 0 Å². The molecule has 4 nitrogen and oxygen atoms in total. The van der Waals surface area contributed by atoms with E-state index >= 15 is 0 Å². The highest BCUT2D eigenvalue weighted by molar-refractivity contribution is 6.15. The molecule has 0 aliphatic carbocycles. The highest BCUT2D eigenvalue weighted by Crippen LogP contribution is 2.18. The second kappa shape index (κ2) is 8.15. The zero-order valence-electron chi connectivity index (χ0n) is 10.5. The number of hydrogen-bond acceptors (Lipinski definition) is 3. The van der Waals surface area contributed by atoms with Gasteiger partial charge in [-0.1, -0.05) is 34.6 Å². The van der Waals surface area contributed by atoms with Gasteiger partial charge in [-0.2, -0.15) is 0 Å². The van der Waals surface area contributed by atoms with Crippen LogP contribution in [-0.4, -0.2) is 22.6 Å². The Labute approximate surface area is 91.6 Å². The highest BCUT2D eigenvalue weighted by atomic mass is 16.2. The Morgan fingerprint density at radius 2 is 1.60 bits per heavy atom. The molecule has 0 aromatic heterocycles. The SMILES string of the molecule is CC.CC.CC(=O)N1C(=O)CC(C)C1=O. The van der Waals surface area contributed by atoms with Crippen LogP contribution in [0.25, 0.3) is 0 Å². The molecule has 15 heavy (non-hydrogen) atoms. The summed E-state index contributed by atoms with van der Waals surface area (Å²) >= 11 is 0. The van der Waals surface area contributed by atoms with Crippen LogP contribution in [0, 0.1) is 5.92 Å². The van der Waals surface area contributed by atoms with Crippen molar-refractivity contribution in [3.8, 4) is 0 Å². The van der Waals surface area contributed by atoms with E-state index in [0.29, 0.717) is 4.90 Å². The van der Waals surface area contributed by atoms with Gasteiger partial charge < -0.3 is 0 Å². The van der Waals surface area contributed by atoms with Gasteiger partial charge in [-0.3, -0.25) is 14.4 Å². The van der Waals surface area contributed by atoms with E-state index in [-0.39, 0.29) is 24.2 Å². The minimum Gasteiger partial charge on any atom is -0.274 e. The van der Waals surface area contributed by atoms with Crippen LogP contribution in [0.2, 0.25) is 0 Å². The smallest absolute Gasteiger partial charge is 0.239 e. The van der Waals surface area contributed by atoms with Gasteiger partial charge in [0.2, 0.25) is 17.7 Å². The number of amides is 3. The summed E-state index contributed by atoms with van der Waals surface area (Å²) in [6.07, 6.45) is 0.165. The number of rotatable bonds is 0. The summed E-state index contributed by atoms with van der Waals surface area (Å²) in [5.41, 5.74) is 0. The first-order chi connectivity index (χ1) is 7.04. The van der Waals surface area contributed by atoms with E-state index < -0.39 is 5.91 Å². The van der Waals surface area contributed by atoms with Gasteiger partial charge in [0.15, 0.2) is 0 Å². The quantitative estimate of drug-likeness (QED) is 0.580. The Morgan fingerprint density at radius 1 is 1.20 bits per heavy atom. The van der Waals surface area contributed by atoms with Crippen molar-refractivity contribution in [1.82, 2.24) is 4.90 Å². The average Bonchev–Trinajstić information content (AvgIpc) is 2.47. The third-order valence-corrected chi connectivity index (χ3v) is 1.69. The van der Waals surface area contributed by atoms with Crippen molar-refractivity contribution in [1.29, 1.82) is 0 Å². The third-order valence-electron chi connectivity index (χ3n) is 1.69. The zero-order valence-corrected chi connectivity index (χ0v) is 10.5. The van der Waals surface area contributed by atoms with E-state index in [4.69, 9.17) is 0 Å². The molecule has 0 aromatic carbocycles. The van der Waals surface area contributed by atoms with Crippen LogP contribution in [0.3, 0.4) is 0 Å². The number of likely N-dealkylation sites (tertiary alicyclic amines) is 1. The standard InChI is InChI=1S/C7H9NO3.2C2H6/c1-4-3-6(10)8(5(2)9)7(4)11;2*1-2/h4H,3H2,1-2H3;2*1-2H3. The van der Waals surface area contributed by atoms with Crippen molar-refractivity contribution >= 4 is 17.7 Å². The Balaban J connectivity index is 0. The molecule has 1 fully saturated rings. The molecule has 4 heteroatoms. The molecule has 3 amide bonds. The van der Waals surface area contributed by atoms with E-state index in [1.54, 1.807) is 6.92 Å². The van der Waals surface area contributed by atoms with Crippen molar-refractivity contribution in [3.05, 3.63) is 0 Å². The second-order valence-electron chi connectivity index (χ2n) is 2.69. The number of carbonyl (C=O) groups is 3. The predicted molar refractivity (Wildman–Crippen MR) is 59.0 cm³/mol. The predicted octanol–water partition coefficient (Wildman–Crippen LogP) is 1.98. The normalized spacial score (nSPS) is 18.8. The molecule has 0 bridgehead atoms. The van der Waals surface area contributed by atoms with Gasteiger partial charge in [0.25, 0.3) is 0 Å². The summed E-state index contributed by atoms with van der Waals surface area (Å²) in [4.78, 5) is 33.4. The second-order valence-corrected chi connectivity index (χ2v) is 2.69. The van der Waals surface area contributed by atoms with E-state index in [2.05, 4.69) is 0 Å². The van der Waals surface area contributed by atoms with E-state index in [9.17, 15) is 14.4 Å². The summed E-state index contributed by atoms with van der Waals surface area (Å²) < 4.78 is 0. The Morgan fingerprint density at radius 3 is 1.73 bits per heavy atom. The van der Waals surface area contributed by atoms with Crippen molar-refractivity contribution < 1.29 is 14.4 Å². The van der Waals surface area contributed by atoms with Crippen LogP contribution in [0.5, 0.6) is 0 Å². The monoisotopic (exact) mass is 215 g/mol. The molecule has 1 rings (SSSR count). The Kier molecular flexibility index (Phi) is 8.82. The fourth-order valence-corrected chi connectivity index (χ4v) is 1.11. The summed E-state index contributed by atoms with van der Waals surface area (Å²) in [6.45, 7) is 10.9. The molecule has 1 aliphatic rings. The number of hydrogen-bond donors (Lipinski definition) is 0. The van der Waals surface area contributed by atoms with E-state index in [1.807, 2.05) is 27.7 Å². The lowest BCUT2D eigenvalue weighted by molar-refractivity contribution is -0.148. The number of nitrogens with zero attached hydrogens (tertiary/aromatic N) is 1. The largest absolute Gasteiger partial charge is 0.274 e. The fraction of sp³-hybridized carbons (Fsp3) is 0.727. The highest BCUT2D eigenvalue weighted by Gasteiger charge is 2.37. The number of imide groups is 3. The maximum atomic E-state index is 11.0. The molecule has 1 saturated heterocycles. The van der Waals surface area contributed by atoms with Crippen molar-refractivity contribution in [2.75, 3.05) is 0 Å². The van der Waals surface area contributed by atoms with E-state index in [0.717, 1.165) is 0 Å². The Hall–Kier alpha value is -1.19. The maximum Gasteiger partial charge on any atom is 0.239 e. The van der Waals surface area contributed by atoms with Crippen LogP contribution in [0.4, 0.5) is 0 Å². The Bertz CT molecular complexity index is 236.